The number of aliphatic hydroxyl groups is 1. The molecule has 1 heterocycles. The molecule has 5 nitrogen and oxygen atoms in total. The molecule has 1 unspecified atom stereocenters. The molecule has 1 aliphatic rings. The standard InChI is InChI=1S/C14H12F3NO4/c1-7-3-5-8(6-4-7)10-9(11(19)22-2)13(21,12(20)18-10)14(15,16)17/h3-6,21H,1-2H3,(H,18,20). The number of carbonyl (C=O) groups excluding carboxylic acids is 2. The highest BCUT2D eigenvalue weighted by atomic mass is 19.4. The molecule has 0 radical (unpaired) electrons. The third-order valence-corrected chi connectivity index (χ3v) is 3.32. The van der Waals surface area contributed by atoms with Crippen molar-refractivity contribution in [3.05, 3.63) is 41.0 Å². The molecule has 0 aromatic heterocycles. The molecule has 1 amide bonds. The molecule has 118 valence electrons. The maximum absolute atomic E-state index is 13.1. The van der Waals surface area contributed by atoms with Gasteiger partial charge in [0.2, 0.25) is 0 Å². The van der Waals surface area contributed by atoms with E-state index in [2.05, 4.69) is 4.74 Å². The first-order valence-corrected chi connectivity index (χ1v) is 6.13. The second kappa shape index (κ2) is 5.13. The molecule has 2 rings (SSSR count). The van der Waals surface area contributed by atoms with E-state index >= 15 is 0 Å². The molecule has 22 heavy (non-hydrogen) atoms. The number of aryl methyl sites for hydroxylation is 1. The lowest BCUT2D eigenvalue weighted by Crippen LogP contribution is -2.54. The maximum atomic E-state index is 13.1. The zero-order chi connectivity index (χ0) is 16.7. The molecule has 0 saturated carbocycles. The summed E-state index contributed by atoms with van der Waals surface area (Å²) in [5.74, 6) is -3.18. The fraction of sp³-hybridized carbons (Fsp3) is 0.286. The van der Waals surface area contributed by atoms with Crippen LogP contribution in [0.3, 0.4) is 0 Å². The van der Waals surface area contributed by atoms with Gasteiger partial charge in [-0.1, -0.05) is 29.8 Å². The van der Waals surface area contributed by atoms with Crippen LogP contribution in [0.5, 0.6) is 0 Å². The Bertz CT molecular complexity index is 664. The van der Waals surface area contributed by atoms with Crippen LogP contribution in [0.15, 0.2) is 29.8 Å². The first-order valence-electron chi connectivity index (χ1n) is 6.13. The van der Waals surface area contributed by atoms with Crippen molar-refractivity contribution in [1.29, 1.82) is 0 Å². The average molecular weight is 315 g/mol. The third-order valence-electron chi connectivity index (χ3n) is 3.32. The van der Waals surface area contributed by atoms with E-state index in [0.717, 1.165) is 12.7 Å². The van der Waals surface area contributed by atoms with E-state index in [1.54, 1.807) is 19.1 Å². The summed E-state index contributed by atoms with van der Waals surface area (Å²) in [6.45, 7) is 1.76. The normalized spacial score (nSPS) is 21.8. The van der Waals surface area contributed by atoms with Crippen LogP contribution < -0.4 is 5.32 Å². The predicted octanol–water partition coefficient (Wildman–Crippen LogP) is 1.30. The zero-order valence-electron chi connectivity index (χ0n) is 11.6. The summed E-state index contributed by atoms with van der Waals surface area (Å²) in [6.07, 6.45) is -5.37. The fourth-order valence-electron chi connectivity index (χ4n) is 2.12. The number of esters is 1. The minimum Gasteiger partial charge on any atom is -0.466 e. The molecular weight excluding hydrogens is 303 g/mol. The van der Waals surface area contributed by atoms with Crippen molar-refractivity contribution >= 4 is 17.6 Å². The van der Waals surface area contributed by atoms with Gasteiger partial charge in [0.05, 0.1) is 12.8 Å². The minimum atomic E-state index is -5.37. The summed E-state index contributed by atoms with van der Waals surface area (Å²) in [5.41, 5.74) is -4.55. The van der Waals surface area contributed by atoms with Crippen molar-refractivity contribution in [3.63, 3.8) is 0 Å². The van der Waals surface area contributed by atoms with Gasteiger partial charge in [-0.3, -0.25) is 4.79 Å². The van der Waals surface area contributed by atoms with E-state index < -0.39 is 34.9 Å². The maximum Gasteiger partial charge on any atom is 0.431 e. The number of hydrogen-bond acceptors (Lipinski definition) is 4. The van der Waals surface area contributed by atoms with Gasteiger partial charge in [0.15, 0.2) is 0 Å². The highest BCUT2D eigenvalue weighted by Gasteiger charge is 2.68. The molecule has 8 heteroatoms. The number of amides is 1. The molecule has 0 fully saturated rings. The lowest BCUT2D eigenvalue weighted by molar-refractivity contribution is -0.236. The van der Waals surface area contributed by atoms with Crippen molar-refractivity contribution in [1.82, 2.24) is 5.32 Å². The summed E-state index contributed by atoms with van der Waals surface area (Å²) < 4.78 is 43.7. The summed E-state index contributed by atoms with van der Waals surface area (Å²) in [4.78, 5) is 23.4. The Morgan fingerprint density at radius 1 is 1.27 bits per heavy atom. The summed E-state index contributed by atoms with van der Waals surface area (Å²) in [6, 6.07) is 6.04. The second-order valence-corrected chi connectivity index (χ2v) is 4.77. The van der Waals surface area contributed by atoms with Crippen molar-refractivity contribution < 1.29 is 32.6 Å². The van der Waals surface area contributed by atoms with E-state index in [4.69, 9.17) is 0 Å². The molecule has 1 atom stereocenters. The van der Waals surface area contributed by atoms with Gasteiger partial charge in [-0.15, -0.1) is 0 Å². The van der Waals surface area contributed by atoms with Gasteiger partial charge in [0, 0.05) is 0 Å². The van der Waals surface area contributed by atoms with Crippen molar-refractivity contribution in [2.24, 2.45) is 0 Å². The van der Waals surface area contributed by atoms with Crippen LogP contribution in [0, 0.1) is 6.92 Å². The Kier molecular flexibility index (Phi) is 3.74. The number of nitrogens with one attached hydrogen (secondary N) is 1. The first-order chi connectivity index (χ1) is 10.1. The van der Waals surface area contributed by atoms with E-state index in [-0.39, 0.29) is 5.56 Å². The Labute approximate surface area is 123 Å². The number of hydrogen-bond donors (Lipinski definition) is 2. The molecule has 0 aliphatic carbocycles. The van der Waals surface area contributed by atoms with Crippen LogP contribution in [-0.2, 0) is 14.3 Å². The Morgan fingerprint density at radius 2 is 1.82 bits per heavy atom. The summed E-state index contributed by atoms with van der Waals surface area (Å²) in [5, 5.41) is 11.8. The molecule has 1 aliphatic heterocycles. The number of rotatable bonds is 2. The van der Waals surface area contributed by atoms with Crippen LogP contribution in [0.1, 0.15) is 11.1 Å². The van der Waals surface area contributed by atoms with Gasteiger partial charge in [0.1, 0.15) is 5.57 Å². The number of carbonyl (C=O) groups is 2. The fourth-order valence-corrected chi connectivity index (χ4v) is 2.12. The largest absolute Gasteiger partial charge is 0.466 e. The van der Waals surface area contributed by atoms with Crippen molar-refractivity contribution in [2.75, 3.05) is 7.11 Å². The van der Waals surface area contributed by atoms with E-state index in [1.807, 2.05) is 5.32 Å². The SMILES string of the molecule is COC(=O)C1=C(c2ccc(C)cc2)NC(=O)C1(O)C(F)(F)F. The second-order valence-electron chi connectivity index (χ2n) is 4.77. The molecule has 1 aromatic rings. The number of methoxy groups -OCH3 is 1. The highest BCUT2D eigenvalue weighted by Crippen LogP contribution is 2.43. The van der Waals surface area contributed by atoms with E-state index in [1.165, 1.54) is 12.1 Å². The minimum absolute atomic E-state index is 0.152. The molecular formula is C14H12F3NO4. The lowest BCUT2D eigenvalue weighted by atomic mass is 9.92. The zero-order valence-corrected chi connectivity index (χ0v) is 11.6. The molecule has 0 bridgehead atoms. The van der Waals surface area contributed by atoms with Gasteiger partial charge in [-0.2, -0.15) is 13.2 Å². The van der Waals surface area contributed by atoms with Crippen LogP contribution in [0.25, 0.3) is 5.70 Å². The molecule has 1 aromatic carbocycles. The van der Waals surface area contributed by atoms with Crippen LogP contribution in [0.4, 0.5) is 13.2 Å². The monoisotopic (exact) mass is 315 g/mol. The number of benzene rings is 1. The van der Waals surface area contributed by atoms with Gasteiger partial charge >= 0.3 is 12.1 Å². The van der Waals surface area contributed by atoms with Gasteiger partial charge < -0.3 is 15.2 Å². The summed E-state index contributed by atoms with van der Waals surface area (Å²) in [7, 11) is 0.863. The van der Waals surface area contributed by atoms with Crippen LogP contribution in [0.2, 0.25) is 0 Å². The highest BCUT2D eigenvalue weighted by molar-refractivity contribution is 6.15. The smallest absolute Gasteiger partial charge is 0.431 e. The predicted molar refractivity (Wildman–Crippen MR) is 69.3 cm³/mol. The average Bonchev–Trinajstić information content (AvgIpc) is 2.72. The quantitative estimate of drug-likeness (QED) is 0.807. The Hall–Kier alpha value is -2.35. The van der Waals surface area contributed by atoms with Crippen molar-refractivity contribution in [2.45, 2.75) is 18.7 Å². The van der Waals surface area contributed by atoms with Gasteiger partial charge in [-0.05, 0) is 12.5 Å². The van der Waals surface area contributed by atoms with E-state index in [0.29, 0.717) is 0 Å². The van der Waals surface area contributed by atoms with E-state index in [9.17, 15) is 27.9 Å². The Morgan fingerprint density at radius 3 is 2.27 bits per heavy atom. The topological polar surface area (TPSA) is 75.6 Å². The van der Waals surface area contributed by atoms with Crippen molar-refractivity contribution in [3.8, 4) is 0 Å². The number of halogens is 3. The van der Waals surface area contributed by atoms with Crippen LogP contribution in [-0.4, -0.2) is 35.9 Å². The molecule has 0 saturated heterocycles. The lowest BCUT2D eigenvalue weighted by Gasteiger charge is -2.24. The number of ether oxygens (including phenoxy) is 1. The molecule has 2 N–H and O–H groups in total. The van der Waals surface area contributed by atoms with Gasteiger partial charge in [-0.25, -0.2) is 4.79 Å². The van der Waals surface area contributed by atoms with Gasteiger partial charge in [0.25, 0.3) is 11.5 Å². The van der Waals surface area contributed by atoms with Crippen LogP contribution >= 0.6 is 0 Å². The third kappa shape index (κ3) is 2.25. The Balaban J connectivity index is 2.71. The molecule has 0 spiro atoms. The first kappa shape index (κ1) is 16.0. The summed E-state index contributed by atoms with van der Waals surface area (Å²) >= 11 is 0. The number of alkyl halides is 3.